The molecule has 0 aliphatic carbocycles. The summed E-state index contributed by atoms with van der Waals surface area (Å²) in [5.74, 6) is 1.24. The van der Waals surface area contributed by atoms with Crippen molar-refractivity contribution in [2.45, 2.75) is 19.9 Å². The Balaban J connectivity index is 1.58. The predicted molar refractivity (Wildman–Crippen MR) is 127 cm³/mol. The molecule has 166 valence electrons. The van der Waals surface area contributed by atoms with Gasteiger partial charge in [0.25, 0.3) is 5.56 Å². The number of anilines is 4. The molecule has 1 aliphatic rings. The molecule has 0 amide bonds. The highest BCUT2D eigenvalue weighted by atomic mass is 19.1. The lowest BCUT2D eigenvalue weighted by molar-refractivity contribution is 0.561. The Hall–Kier alpha value is -4.07. The molecule has 0 saturated carbocycles. The molecule has 8 heteroatoms. The number of nitrogens with zero attached hydrogens (tertiary/aromatic N) is 6. The van der Waals surface area contributed by atoms with Crippen LogP contribution in [0.2, 0.25) is 0 Å². The maximum atomic E-state index is 14.4. The van der Waals surface area contributed by atoms with Crippen molar-refractivity contribution in [3.05, 3.63) is 89.1 Å². The molecule has 0 atom stereocenters. The van der Waals surface area contributed by atoms with Gasteiger partial charge in [0.1, 0.15) is 11.6 Å². The highest BCUT2D eigenvalue weighted by Crippen LogP contribution is 2.30. The molecule has 2 aromatic heterocycles. The van der Waals surface area contributed by atoms with Gasteiger partial charge in [-0.3, -0.25) is 14.3 Å². The van der Waals surface area contributed by atoms with E-state index in [-0.39, 0.29) is 5.56 Å². The number of para-hydroxylation sites is 1. The third-order valence-corrected chi connectivity index (χ3v) is 5.67. The van der Waals surface area contributed by atoms with Gasteiger partial charge in [-0.2, -0.15) is 4.98 Å². The van der Waals surface area contributed by atoms with Crippen molar-refractivity contribution in [1.29, 1.82) is 0 Å². The minimum Gasteiger partial charge on any atom is -0.311 e. The molecular weight excluding hydrogens is 419 g/mol. The highest BCUT2D eigenvalue weighted by Gasteiger charge is 2.24. The van der Waals surface area contributed by atoms with Crippen LogP contribution in [0.1, 0.15) is 13.3 Å². The van der Waals surface area contributed by atoms with Gasteiger partial charge >= 0.3 is 0 Å². The zero-order valence-corrected chi connectivity index (χ0v) is 18.2. The number of halogens is 1. The van der Waals surface area contributed by atoms with Crippen LogP contribution in [-0.2, 0) is 6.54 Å². The van der Waals surface area contributed by atoms with Crippen LogP contribution in [0, 0.1) is 5.82 Å². The minimum atomic E-state index is -0.414. The van der Waals surface area contributed by atoms with Gasteiger partial charge in [0.2, 0.25) is 11.9 Å². The fourth-order valence-corrected chi connectivity index (χ4v) is 4.09. The zero-order chi connectivity index (χ0) is 22.8. The van der Waals surface area contributed by atoms with E-state index < -0.39 is 5.82 Å². The molecule has 5 rings (SSSR count). The van der Waals surface area contributed by atoms with Crippen LogP contribution >= 0.6 is 0 Å². The van der Waals surface area contributed by atoms with Crippen molar-refractivity contribution in [1.82, 2.24) is 19.5 Å². The Kier molecular flexibility index (Phi) is 5.56. The lowest BCUT2D eigenvalue weighted by Gasteiger charge is -2.31. The van der Waals surface area contributed by atoms with E-state index in [2.05, 4.69) is 4.98 Å². The van der Waals surface area contributed by atoms with Crippen LogP contribution in [0.15, 0.2) is 77.7 Å². The molecule has 0 radical (unpaired) electrons. The molecule has 0 fully saturated rings. The van der Waals surface area contributed by atoms with Crippen molar-refractivity contribution in [3.8, 4) is 11.3 Å². The molecule has 2 aromatic carbocycles. The minimum absolute atomic E-state index is 0.211. The molecule has 0 N–H and O–H groups in total. The number of aromatic nitrogens is 4. The second-order valence-corrected chi connectivity index (χ2v) is 7.71. The number of hydrogen-bond acceptors (Lipinski definition) is 6. The van der Waals surface area contributed by atoms with E-state index in [9.17, 15) is 9.18 Å². The SMILES string of the molecule is CCN(c1ccccc1)c1nccc(N2CCCn3c2nc(-c2ccccc2F)cc3=O)n1. The first kappa shape index (κ1) is 20.8. The fraction of sp³-hybridized carbons (Fsp3) is 0.200. The van der Waals surface area contributed by atoms with Gasteiger partial charge in [0.15, 0.2) is 0 Å². The molecule has 0 bridgehead atoms. The molecule has 3 heterocycles. The molecule has 0 spiro atoms. The maximum Gasteiger partial charge on any atom is 0.255 e. The number of fused-ring (bicyclic) bond motifs is 1. The zero-order valence-electron chi connectivity index (χ0n) is 18.2. The van der Waals surface area contributed by atoms with Gasteiger partial charge in [-0.05, 0) is 43.7 Å². The van der Waals surface area contributed by atoms with E-state index in [1.54, 1.807) is 35.0 Å². The summed E-state index contributed by atoms with van der Waals surface area (Å²) in [6.07, 6.45) is 2.48. The number of benzene rings is 2. The summed E-state index contributed by atoms with van der Waals surface area (Å²) >= 11 is 0. The van der Waals surface area contributed by atoms with Crippen molar-refractivity contribution in [2.24, 2.45) is 0 Å². The number of hydrogen-bond donors (Lipinski definition) is 0. The normalized spacial score (nSPS) is 13.0. The van der Waals surface area contributed by atoms with Crippen LogP contribution < -0.4 is 15.4 Å². The maximum absolute atomic E-state index is 14.4. The van der Waals surface area contributed by atoms with E-state index in [4.69, 9.17) is 9.97 Å². The lowest BCUT2D eigenvalue weighted by atomic mass is 10.1. The van der Waals surface area contributed by atoms with Gasteiger partial charge in [0, 0.05) is 43.1 Å². The average molecular weight is 442 g/mol. The van der Waals surface area contributed by atoms with Crippen LogP contribution in [0.4, 0.5) is 27.8 Å². The Morgan fingerprint density at radius 1 is 1.00 bits per heavy atom. The van der Waals surface area contributed by atoms with Crippen molar-refractivity contribution < 1.29 is 4.39 Å². The van der Waals surface area contributed by atoms with E-state index >= 15 is 0 Å². The van der Waals surface area contributed by atoms with Gasteiger partial charge < -0.3 is 4.90 Å². The predicted octanol–water partition coefficient (Wildman–Crippen LogP) is 4.54. The fourth-order valence-electron chi connectivity index (χ4n) is 4.09. The average Bonchev–Trinajstić information content (AvgIpc) is 2.85. The van der Waals surface area contributed by atoms with Crippen LogP contribution in [0.25, 0.3) is 11.3 Å². The Labute approximate surface area is 190 Å². The quantitative estimate of drug-likeness (QED) is 0.452. The highest BCUT2D eigenvalue weighted by molar-refractivity contribution is 5.64. The van der Waals surface area contributed by atoms with Gasteiger partial charge in [-0.25, -0.2) is 14.4 Å². The molecule has 0 saturated heterocycles. The standard InChI is InChI=1S/C25H23FN6O/c1-2-30(18-9-4-3-5-10-18)24-27-14-13-22(29-24)31-15-8-16-32-23(33)17-21(28-25(31)32)19-11-6-7-12-20(19)26/h3-7,9-14,17H,2,8,15-16H2,1H3. The first-order chi connectivity index (χ1) is 16.2. The Bertz CT molecular complexity index is 1340. The summed E-state index contributed by atoms with van der Waals surface area (Å²) in [6, 6.07) is 19.5. The van der Waals surface area contributed by atoms with E-state index in [1.807, 2.05) is 47.1 Å². The van der Waals surface area contributed by atoms with E-state index in [1.165, 1.54) is 12.1 Å². The second-order valence-electron chi connectivity index (χ2n) is 7.71. The van der Waals surface area contributed by atoms with Gasteiger partial charge in [-0.1, -0.05) is 30.3 Å². The summed E-state index contributed by atoms with van der Waals surface area (Å²) in [6.45, 7) is 3.93. The molecule has 0 unspecified atom stereocenters. The van der Waals surface area contributed by atoms with E-state index in [0.717, 1.165) is 12.1 Å². The van der Waals surface area contributed by atoms with Gasteiger partial charge in [-0.15, -0.1) is 0 Å². The van der Waals surface area contributed by atoms with Crippen molar-refractivity contribution in [3.63, 3.8) is 0 Å². The molecule has 33 heavy (non-hydrogen) atoms. The molecular formula is C25H23FN6O. The Morgan fingerprint density at radius 2 is 1.79 bits per heavy atom. The van der Waals surface area contributed by atoms with Crippen molar-refractivity contribution in [2.75, 3.05) is 22.9 Å². The lowest BCUT2D eigenvalue weighted by Crippen LogP contribution is -2.36. The van der Waals surface area contributed by atoms with Crippen LogP contribution in [0.3, 0.4) is 0 Å². The first-order valence-corrected chi connectivity index (χ1v) is 11.0. The molecule has 7 nitrogen and oxygen atoms in total. The molecule has 1 aliphatic heterocycles. The van der Waals surface area contributed by atoms with Crippen LogP contribution in [-0.4, -0.2) is 32.6 Å². The summed E-state index contributed by atoms with van der Waals surface area (Å²) in [7, 11) is 0. The summed E-state index contributed by atoms with van der Waals surface area (Å²) in [5.41, 5.74) is 1.39. The third-order valence-electron chi connectivity index (χ3n) is 5.67. The third kappa shape index (κ3) is 3.95. The summed E-state index contributed by atoms with van der Waals surface area (Å²) in [4.78, 5) is 30.8. The first-order valence-electron chi connectivity index (χ1n) is 11.0. The summed E-state index contributed by atoms with van der Waals surface area (Å²) < 4.78 is 16.0. The van der Waals surface area contributed by atoms with Crippen LogP contribution in [0.5, 0.6) is 0 Å². The largest absolute Gasteiger partial charge is 0.311 e. The second kappa shape index (κ2) is 8.82. The smallest absolute Gasteiger partial charge is 0.255 e. The number of rotatable bonds is 5. The summed E-state index contributed by atoms with van der Waals surface area (Å²) in [5, 5.41) is 0. The van der Waals surface area contributed by atoms with Gasteiger partial charge in [0.05, 0.1) is 5.69 Å². The van der Waals surface area contributed by atoms with Crippen molar-refractivity contribution >= 4 is 23.4 Å². The van der Waals surface area contributed by atoms with E-state index in [0.29, 0.717) is 48.6 Å². The topological polar surface area (TPSA) is 67.2 Å². The Morgan fingerprint density at radius 3 is 2.58 bits per heavy atom. The monoisotopic (exact) mass is 442 g/mol. The molecule has 4 aromatic rings.